The van der Waals surface area contributed by atoms with Crippen LogP contribution in [0.5, 0.6) is 0 Å². The number of hydrogen-bond acceptors (Lipinski definition) is 3. The average Bonchev–Trinajstić information content (AvgIpc) is 1.99. The molecule has 0 saturated heterocycles. The van der Waals surface area contributed by atoms with Crippen LogP contribution in [0, 0.1) is 0 Å². The highest BCUT2D eigenvalue weighted by Crippen LogP contribution is 1.91. The number of hydrogen-bond donors (Lipinski definition) is 1. The molecule has 0 rings (SSSR count). The molecule has 1 atom stereocenters. The first-order chi connectivity index (χ1) is 4.70. The number of aliphatic hydroxyl groups is 1. The van der Waals surface area contributed by atoms with Crippen molar-refractivity contribution in [3.05, 3.63) is 12.2 Å². The molecule has 1 N–H and O–H groups in total. The third kappa shape index (κ3) is 4.52. The summed E-state index contributed by atoms with van der Waals surface area (Å²) in [6.45, 7) is 0. The summed E-state index contributed by atoms with van der Waals surface area (Å²) in [5.41, 5.74) is 0. The van der Waals surface area contributed by atoms with Crippen molar-refractivity contribution in [2.75, 3.05) is 12.4 Å². The lowest BCUT2D eigenvalue weighted by Crippen LogP contribution is -2.04. The lowest BCUT2D eigenvalue weighted by molar-refractivity contribution is -0.134. The molecule has 0 aromatic carbocycles. The minimum atomic E-state index is -0.626. The summed E-state index contributed by atoms with van der Waals surface area (Å²) in [6, 6.07) is 0. The lowest BCUT2D eigenvalue weighted by atomic mass is 10.3. The molecule has 0 unspecified atom stereocenters. The molecule has 0 spiro atoms. The smallest absolute Gasteiger partial charge is 0.330 e. The summed E-state index contributed by atoms with van der Waals surface area (Å²) in [7, 11) is 1.28. The lowest BCUT2D eigenvalue weighted by Gasteiger charge is -1.96. The van der Waals surface area contributed by atoms with Gasteiger partial charge in [0.15, 0.2) is 0 Å². The number of rotatable bonds is 3. The molecule has 10 heavy (non-hydrogen) atoms. The molecule has 0 aromatic rings. The number of ether oxygens (including phenoxy) is 1. The first-order valence-electron chi connectivity index (χ1n) is 2.71. The highest BCUT2D eigenvalue weighted by atomic mass is 79.9. The fourth-order valence-electron chi connectivity index (χ4n) is 0.309. The van der Waals surface area contributed by atoms with Gasteiger partial charge in [-0.05, 0) is 6.08 Å². The third-order valence-corrected chi connectivity index (χ3v) is 1.48. The van der Waals surface area contributed by atoms with Crippen LogP contribution in [0.1, 0.15) is 0 Å². The molecule has 0 aliphatic heterocycles. The van der Waals surface area contributed by atoms with Gasteiger partial charge in [0.25, 0.3) is 0 Å². The van der Waals surface area contributed by atoms with Gasteiger partial charge in [0.05, 0.1) is 13.2 Å². The molecule has 0 aromatic heterocycles. The van der Waals surface area contributed by atoms with Gasteiger partial charge in [-0.25, -0.2) is 4.79 Å². The van der Waals surface area contributed by atoms with Crippen LogP contribution in [-0.4, -0.2) is 29.6 Å². The van der Waals surface area contributed by atoms with Crippen molar-refractivity contribution in [1.82, 2.24) is 0 Å². The summed E-state index contributed by atoms with van der Waals surface area (Å²) >= 11 is 3.03. The number of alkyl halides is 1. The zero-order valence-electron chi connectivity index (χ0n) is 5.58. The van der Waals surface area contributed by atoms with Crippen molar-refractivity contribution in [3.8, 4) is 0 Å². The van der Waals surface area contributed by atoms with Gasteiger partial charge in [0, 0.05) is 11.4 Å². The average molecular weight is 209 g/mol. The molecule has 0 amide bonds. The maximum Gasteiger partial charge on any atom is 0.330 e. The van der Waals surface area contributed by atoms with Gasteiger partial charge >= 0.3 is 5.97 Å². The highest BCUT2D eigenvalue weighted by Gasteiger charge is 1.96. The van der Waals surface area contributed by atoms with Crippen LogP contribution in [-0.2, 0) is 9.53 Å². The van der Waals surface area contributed by atoms with Crippen molar-refractivity contribution < 1.29 is 14.6 Å². The van der Waals surface area contributed by atoms with Gasteiger partial charge in [0.1, 0.15) is 0 Å². The standard InChI is InChI=1S/C6H9BrO3/c1-10-6(9)3-2-5(8)4-7/h2-3,5,8H,4H2,1H3/b3-2+/t5-/m0/s1. The van der Waals surface area contributed by atoms with Crippen LogP contribution in [0.3, 0.4) is 0 Å². The van der Waals surface area contributed by atoms with Gasteiger partial charge < -0.3 is 9.84 Å². The Labute approximate surface area is 67.8 Å². The summed E-state index contributed by atoms with van der Waals surface area (Å²) in [4.78, 5) is 10.4. The first-order valence-corrected chi connectivity index (χ1v) is 3.83. The zero-order valence-corrected chi connectivity index (χ0v) is 7.17. The van der Waals surface area contributed by atoms with E-state index >= 15 is 0 Å². The second kappa shape index (κ2) is 5.44. The number of halogens is 1. The molecule has 0 radical (unpaired) electrons. The summed E-state index contributed by atoms with van der Waals surface area (Å²) in [6.07, 6.45) is 1.92. The molecule has 0 saturated carbocycles. The van der Waals surface area contributed by atoms with Crippen molar-refractivity contribution in [2.24, 2.45) is 0 Å². The Morgan fingerprint density at radius 1 is 1.90 bits per heavy atom. The van der Waals surface area contributed by atoms with Crippen LogP contribution in [0.4, 0.5) is 0 Å². The molecular formula is C6H9BrO3. The van der Waals surface area contributed by atoms with E-state index in [1.807, 2.05) is 0 Å². The van der Waals surface area contributed by atoms with E-state index in [0.717, 1.165) is 0 Å². The number of carbonyl (C=O) groups is 1. The fraction of sp³-hybridized carbons (Fsp3) is 0.500. The monoisotopic (exact) mass is 208 g/mol. The summed E-state index contributed by atoms with van der Waals surface area (Å²) in [5.74, 6) is -0.458. The van der Waals surface area contributed by atoms with Gasteiger partial charge in [-0.15, -0.1) is 0 Å². The summed E-state index contributed by atoms with van der Waals surface area (Å²) in [5, 5.41) is 9.28. The Morgan fingerprint density at radius 2 is 2.50 bits per heavy atom. The first kappa shape index (κ1) is 9.65. The Morgan fingerprint density at radius 3 is 2.90 bits per heavy atom. The van der Waals surface area contributed by atoms with E-state index in [-0.39, 0.29) is 0 Å². The molecule has 4 heteroatoms. The number of carbonyl (C=O) groups excluding carboxylic acids is 1. The number of aliphatic hydroxyl groups excluding tert-OH is 1. The van der Waals surface area contributed by atoms with E-state index in [0.29, 0.717) is 5.33 Å². The molecule has 0 aliphatic carbocycles. The summed E-state index contributed by atoms with van der Waals surface area (Å²) < 4.78 is 4.29. The van der Waals surface area contributed by atoms with Crippen LogP contribution >= 0.6 is 15.9 Å². The van der Waals surface area contributed by atoms with Crippen molar-refractivity contribution in [3.63, 3.8) is 0 Å². The molecule has 3 nitrogen and oxygen atoms in total. The zero-order chi connectivity index (χ0) is 7.98. The van der Waals surface area contributed by atoms with Gasteiger partial charge in [0.2, 0.25) is 0 Å². The second-order valence-electron chi connectivity index (χ2n) is 1.60. The number of methoxy groups -OCH3 is 1. The fourth-order valence-corrected chi connectivity index (χ4v) is 0.525. The second-order valence-corrected chi connectivity index (χ2v) is 2.25. The topological polar surface area (TPSA) is 46.5 Å². The molecule has 0 heterocycles. The van der Waals surface area contributed by atoms with E-state index in [2.05, 4.69) is 20.7 Å². The van der Waals surface area contributed by atoms with Crippen LogP contribution in [0.15, 0.2) is 12.2 Å². The van der Waals surface area contributed by atoms with Gasteiger partial charge in [-0.1, -0.05) is 15.9 Å². The van der Waals surface area contributed by atoms with Crippen molar-refractivity contribution >= 4 is 21.9 Å². The molecule has 0 aliphatic rings. The largest absolute Gasteiger partial charge is 0.466 e. The third-order valence-electron chi connectivity index (χ3n) is 0.814. The van der Waals surface area contributed by atoms with E-state index < -0.39 is 12.1 Å². The van der Waals surface area contributed by atoms with Crippen molar-refractivity contribution in [1.29, 1.82) is 0 Å². The SMILES string of the molecule is COC(=O)/C=C/[C@H](O)CBr. The normalized spacial score (nSPS) is 13.5. The minimum Gasteiger partial charge on any atom is -0.466 e. The predicted molar refractivity (Wildman–Crippen MR) is 41.0 cm³/mol. The van der Waals surface area contributed by atoms with Crippen molar-refractivity contribution in [2.45, 2.75) is 6.10 Å². The maximum absolute atomic E-state index is 10.4. The van der Waals surface area contributed by atoms with Crippen LogP contribution in [0.2, 0.25) is 0 Å². The van der Waals surface area contributed by atoms with Crippen LogP contribution < -0.4 is 0 Å². The van der Waals surface area contributed by atoms with E-state index in [1.165, 1.54) is 19.3 Å². The Bertz CT molecular complexity index is 133. The van der Waals surface area contributed by atoms with Gasteiger partial charge in [-0.3, -0.25) is 0 Å². The Kier molecular flexibility index (Phi) is 5.25. The van der Waals surface area contributed by atoms with E-state index in [4.69, 9.17) is 5.11 Å². The Hall–Kier alpha value is -0.350. The van der Waals surface area contributed by atoms with Crippen LogP contribution in [0.25, 0.3) is 0 Å². The van der Waals surface area contributed by atoms with E-state index in [9.17, 15) is 4.79 Å². The maximum atomic E-state index is 10.4. The predicted octanol–water partition coefficient (Wildman–Crippen LogP) is 0.471. The van der Waals surface area contributed by atoms with E-state index in [1.54, 1.807) is 0 Å². The van der Waals surface area contributed by atoms with Gasteiger partial charge in [-0.2, -0.15) is 0 Å². The Balaban J connectivity index is 3.63. The minimum absolute atomic E-state index is 0.417. The molecule has 0 fully saturated rings. The molecule has 58 valence electrons. The molecular weight excluding hydrogens is 200 g/mol. The number of esters is 1. The highest BCUT2D eigenvalue weighted by molar-refractivity contribution is 9.09. The quantitative estimate of drug-likeness (QED) is 0.417. The molecule has 0 bridgehead atoms.